The van der Waals surface area contributed by atoms with Crippen LogP contribution in [-0.4, -0.2) is 7.11 Å². The number of halogens is 1. The molecule has 0 bridgehead atoms. The molecular weight excluding hydrogens is 263 g/mol. The van der Waals surface area contributed by atoms with Crippen molar-refractivity contribution in [3.05, 3.63) is 53.3 Å². The smallest absolute Gasteiger partial charge is 0.131 e. The van der Waals surface area contributed by atoms with Crippen LogP contribution >= 0.6 is 0 Å². The van der Waals surface area contributed by atoms with Gasteiger partial charge >= 0.3 is 0 Å². The Labute approximate surface area is 126 Å². The van der Waals surface area contributed by atoms with E-state index in [0.29, 0.717) is 11.3 Å². The van der Waals surface area contributed by atoms with Gasteiger partial charge in [-0.05, 0) is 46.7 Å². The molecule has 0 heterocycles. The van der Waals surface area contributed by atoms with E-state index in [2.05, 4.69) is 45.9 Å². The Morgan fingerprint density at radius 3 is 2.29 bits per heavy atom. The van der Waals surface area contributed by atoms with Crippen molar-refractivity contribution in [3.63, 3.8) is 0 Å². The molecule has 0 unspecified atom stereocenters. The van der Waals surface area contributed by atoms with Gasteiger partial charge in [0.2, 0.25) is 0 Å². The molecule has 2 aromatic rings. The molecule has 0 spiro atoms. The highest BCUT2D eigenvalue weighted by molar-refractivity contribution is 5.71. The molecule has 112 valence electrons. The van der Waals surface area contributed by atoms with E-state index in [9.17, 15) is 4.39 Å². The minimum absolute atomic E-state index is 0.0445. The van der Waals surface area contributed by atoms with Crippen LogP contribution in [0.15, 0.2) is 36.4 Å². The number of benzene rings is 2. The summed E-state index contributed by atoms with van der Waals surface area (Å²) >= 11 is 0. The van der Waals surface area contributed by atoms with E-state index < -0.39 is 0 Å². The van der Waals surface area contributed by atoms with Gasteiger partial charge in [-0.25, -0.2) is 4.39 Å². The van der Waals surface area contributed by atoms with Crippen molar-refractivity contribution in [3.8, 4) is 16.9 Å². The molecule has 0 atom stereocenters. The zero-order valence-corrected chi connectivity index (χ0v) is 13.5. The van der Waals surface area contributed by atoms with Crippen LogP contribution in [0.5, 0.6) is 5.75 Å². The van der Waals surface area contributed by atoms with Gasteiger partial charge < -0.3 is 4.74 Å². The van der Waals surface area contributed by atoms with Gasteiger partial charge in [0.15, 0.2) is 0 Å². The van der Waals surface area contributed by atoms with Gasteiger partial charge in [-0.15, -0.1) is 0 Å². The number of methoxy groups -OCH3 is 1. The van der Waals surface area contributed by atoms with Gasteiger partial charge in [-0.3, -0.25) is 0 Å². The van der Waals surface area contributed by atoms with Gasteiger partial charge in [0.25, 0.3) is 0 Å². The van der Waals surface area contributed by atoms with E-state index in [4.69, 9.17) is 4.74 Å². The summed E-state index contributed by atoms with van der Waals surface area (Å²) in [5, 5.41) is 0. The first kappa shape index (κ1) is 15.6. The van der Waals surface area contributed by atoms with E-state index >= 15 is 0 Å². The third-order valence-electron chi connectivity index (χ3n) is 3.76. The quantitative estimate of drug-likeness (QED) is 0.738. The summed E-state index contributed by atoms with van der Waals surface area (Å²) in [5.74, 6) is 0.461. The molecule has 0 saturated carbocycles. The lowest BCUT2D eigenvalue weighted by atomic mass is 9.81. The van der Waals surface area contributed by atoms with Crippen LogP contribution < -0.4 is 4.74 Å². The topological polar surface area (TPSA) is 9.23 Å². The summed E-state index contributed by atoms with van der Waals surface area (Å²) in [4.78, 5) is 0. The van der Waals surface area contributed by atoms with E-state index in [-0.39, 0.29) is 11.2 Å². The highest BCUT2D eigenvalue weighted by Gasteiger charge is 2.21. The molecule has 2 rings (SSSR count). The highest BCUT2D eigenvalue weighted by atomic mass is 19.1. The number of hydrogen-bond donors (Lipinski definition) is 0. The molecule has 0 amide bonds. The van der Waals surface area contributed by atoms with Gasteiger partial charge in [0, 0.05) is 5.56 Å². The molecule has 21 heavy (non-hydrogen) atoms. The fraction of sp³-hybridized carbons (Fsp3) is 0.368. The van der Waals surface area contributed by atoms with Crippen LogP contribution in [0.1, 0.15) is 38.8 Å². The third-order valence-corrected chi connectivity index (χ3v) is 3.76. The summed E-state index contributed by atoms with van der Waals surface area (Å²) in [5.41, 5.74) is 3.87. The van der Waals surface area contributed by atoms with Crippen molar-refractivity contribution in [1.82, 2.24) is 0 Å². The molecule has 0 aromatic heterocycles. The Kier molecular flexibility index (Phi) is 4.36. The molecule has 2 heteroatoms. The molecule has 0 radical (unpaired) electrons. The molecule has 0 N–H and O–H groups in total. The largest absolute Gasteiger partial charge is 0.497 e. The lowest BCUT2D eigenvalue weighted by Crippen LogP contribution is -2.13. The Morgan fingerprint density at radius 2 is 1.71 bits per heavy atom. The first-order chi connectivity index (χ1) is 9.86. The van der Waals surface area contributed by atoms with Crippen molar-refractivity contribution in [1.29, 1.82) is 0 Å². The summed E-state index contributed by atoms with van der Waals surface area (Å²) in [6, 6.07) is 11.2. The maximum atomic E-state index is 14.3. The molecule has 0 aliphatic carbocycles. The Morgan fingerprint density at radius 1 is 1.00 bits per heavy atom. The van der Waals surface area contributed by atoms with Crippen molar-refractivity contribution >= 4 is 0 Å². The second-order valence-electron chi connectivity index (χ2n) is 6.33. The van der Waals surface area contributed by atoms with Crippen LogP contribution in [0.4, 0.5) is 4.39 Å². The second-order valence-corrected chi connectivity index (χ2v) is 6.33. The van der Waals surface area contributed by atoms with Crippen molar-refractivity contribution < 1.29 is 9.13 Å². The summed E-state index contributed by atoms with van der Waals surface area (Å²) in [6.45, 7) is 8.55. The number of ether oxygens (including phenoxy) is 1. The lowest BCUT2D eigenvalue weighted by molar-refractivity contribution is 0.414. The van der Waals surface area contributed by atoms with Gasteiger partial charge in [-0.1, -0.05) is 45.9 Å². The monoisotopic (exact) mass is 286 g/mol. The van der Waals surface area contributed by atoms with Gasteiger partial charge in [-0.2, -0.15) is 0 Å². The minimum atomic E-state index is -0.213. The average molecular weight is 286 g/mol. The minimum Gasteiger partial charge on any atom is -0.497 e. The second kappa shape index (κ2) is 5.88. The van der Waals surface area contributed by atoms with Crippen LogP contribution in [0.25, 0.3) is 11.1 Å². The average Bonchev–Trinajstić information content (AvgIpc) is 2.46. The maximum Gasteiger partial charge on any atom is 0.131 e. The molecule has 0 aliphatic heterocycles. The van der Waals surface area contributed by atoms with Crippen molar-refractivity contribution in [2.75, 3.05) is 7.11 Å². The fourth-order valence-corrected chi connectivity index (χ4v) is 2.53. The Bertz CT molecular complexity index is 638. The van der Waals surface area contributed by atoms with Crippen molar-refractivity contribution in [2.24, 2.45) is 0 Å². The van der Waals surface area contributed by atoms with E-state index in [1.807, 2.05) is 0 Å². The highest BCUT2D eigenvalue weighted by Crippen LogP contribution is 2.36. The SMILES string of the molecule is CCc1ccc(C(C)(C)C)c(-c2cc(OC)ccc2F)c1. The molecular formula is C19H23FO. The zero-order chi connectivity index (χ0) is 15.6. The normalized spacial score (nSPS) is 11.5. The summed E-state index contributed by atoms with van der Waals surface area (Å²) in [6.07, 6.45) is 0.934. The molecule has 1 nitrogen and oxygen atoms in total. The maximum absolute atomic E-state index is 14.3. The summed E-state index contributed by atoms with van der Waals surface area (Å²) in [7, 11) is 1.60. The van der Waals surface area contributed by atoms with E-state index in [0.717, 1.165) is 17.5 Å². The predicted octanol–water partition coefficient (Wildman–Crippen LogP) is 5.36. The van der Waals surface area contributed by atoms with Crippen LogP contribution in [0.3, 0.4) is 0 Å². The number of hydrogen-bond acceptors (Lipinski definition) is 1. The lowest BCUT2D eigenvalue weighted by Gasteiger charge is -2.24. The van der Waals surface area contributed by atoms with E-state index in [1.165, 1.54) is 11.6 Å². The van der Waals surface area contributed by atoms with Gasteiger partial charge in [0.05, 0.1) is 7.11 Å². The van der Waals surface area contributed by atoms with Crippen LogP contribution in [0.2, 0.25) is 0 Å². The predicted molar refractivity (Wildman–Crippen MR) is 86.5 cm³/mol. The fourth-order valence-electron chi connectivity index (χ4n) is 2.53. The first-order valence-electron chi connectivity index (χ1n) is 7.34. The third kappa shape index (κ3) is 3.26. The Balaban J connectivity index is 2.71. The molecule has 0 fully saturated rings. The molecule has 0 aliphatic rings. The number of aryl methyl sites for hydroxylation is 1. The van der Waals surface area contributed by atoms with Crippen LogP contribution in [-0.2, 0) is 11.8 Å². The molecule has 2 aromatic carbocycles. The Hall–Kier alpha value is -1.83. The summed E-state index contributed by atoms with van der Waals surface area (Å²) < 4.78 is 19.6. The first-order valence-corrected chi connectivity index (χ1v) is 7.34. The van der Waals surface area contributed by atoms with Crippen LogP contribution in [0, 0.1) is 5.82 Å². The van der Waals surface area contributed by atoms with Gasteiger partial charge in [0.1, 0.15) is 11.6 Å². The zero-order valence-electron chi connectivity index (χ0n) is 13.5. The standard InChI is InChI=1S/C19H23FO/c1-6-13-7-9-17(19(2,3)4)15(11-13)16-12-14(21-5)8-10-18(16)20/h7-12H,6H2,1-5H3. The number of rotatable bonds is 3. The molecule has 0 saturated heterocycles. The van der Waals surface area contributed by atoms with E-state index in [1.54, 1.807) is 19.2 Å². The van der Waals surface area contributed by atoms with Crippen molar-refractivity contribution in [2.45, 2.75) is 39.5 Å².